The Balaban J connectivity index is 1.53. The molecule has 0 saturated heterocycles. The van der Waals surface area contributed by atoms with Crippen molar-refractivity contribution in [2.45, 2.75) is 0 Å². The number of nitrogens with one attached hydrogen (secondary N) is 2. The number of hydrogen-bond acceptors (Lipinski definition) is 10. The van der Waals surface area contributed by atoms with Crippen LogP contribution in [0.3, 0.4) is 0 Å². The highest BCUT2D eigenvalue weighted by Gasteiger charge is 2.17. The molecule has 0 amide bonds. The number of para-hydroxylation sites is 2. The molecule has 0 unspecified atom stereocenters. The molecule has 0 spiro atoms. The zero-order valence-corrected chi connectivity index (χ0v) is 20.7. The minimum Gasteiger partial charge on any atom is -0.497 e. The highest BCUT2D eigenvalue weighted by Crippen LogP contribution is 2.40. The molecule has 11 heteroatoms. The largest absolute Gasteiger partial charge is 0.497 e. The summed E-state index contributed by atoms with van der Waals surface area (Å²) in [5.41, 5.74) is 3.11. The van der Waals surface area contributed by atoms with Crippen LogP contribution in [-0.4, -0.2) is 52.9 Å². The first-order valence-electron chi connectivity index (χ1n) is 11.3. The van der Waals surface area contributed by atoms with Crippen LogP contribution in [0.5, 0.6) is 23.0 Å². The second-order valence-electron chi connectivity index (χ2n) is 7.76. The van der Waals surface area contributed by atoms with Crippen molar-refractivity contribution < 1.29 is 18.9 Å². The van der Waals surface area contributed by atoms with E-state index in [9.17, 15) is 0 Å². The smallest absolute Gasteiger partial charge is 0.241 e. The van der Waals surface area contributed by atoms with Gasteiger partial charge in [0.1, 0.15) is 12.1 Å². The third-order valence-corrected chi connectivity index (χ3v) is 5.59. The maximum atomic E-state index is 5.45. The minimum atomic E-state index is 0.326. The average Bonchev–Trinajstić information content (AvgIpc) is 3.30. The van der Waals surface area contributed by atoms with E-state index in [1.54, 1.807) is 40.6 Å². The fourth-order valence-corrected chi connectivity index (χ4v) is 3.85. The van der Waals surface area contributed by atoms with Gasteiger partial charge in [-0.15, -0.1) is 0 Å². The first-order chi connectivity index (χ1) is 18.1. The lowest BCUT2D eigenvalue weighted by Gasteiger charge is -2.15. The first-order valence-corrected chi connectivity index (χ1v) is 11.3. The van der Waals surface area contributed by atoms with E-state index in [0.717, 1.165) is 22.5 Å². The summed E-state index contributed by atoms with van der Waals surface area (Å²) in [6, 6.07) is 18.9. The molecule has 5 rings (SSSR count). The molecular weight excluding hydrogens is 474 g/mol. The minimum absolute atomic E-state index is 0.326. The quantitative estimate of drug-likeness (QED) is 0.295. The van der Waals surface area contributed by atoms with E-state index in [1.165, 1.54) is 6.33 Å². The summed E-state index contributed by atoms with van der Waals surface area (Å²) in [6.45, 7) is 0. The number of hydrogen-bond donors (Lipinski definition) is 2. The molecule has 2 N–H and O–H groups in total. The normalized spacial score (nSPS) is 10.7. The average molecular weight is 500 g/mol. The predicted octanol–water partition coefficient (Wildman–Crippen LogP) is 4.73. The van der Waals surface area contributed by atoms with E-state index < -0.39 is 0 Å². The molecule has 0 aliphatic carbocycles. The molecule has 2 aromatic heterocycles. The molecule has 5 aromatic rings. The third kappa shape index (κ3) is 4.74. The van der Waals surface area contributed by atoms with Crippen LogP contribution < -0.4 is 29.6 Å². The first kappa shape index (κ1) is 23.7. The van der Waals surface area contributed by atoms with Gasteiger partial charge in [0.2, 0.25) is 23.6 Å². The molecule has 188 valence electrons. The fraction of sp³-hybridized carbons (Fsp3) is 0.154. The number of aromatic nitrogens is 5. The van der Waals surface area contributed by atoms with E-state index in [4.69, 9.17) is 23.9 Å². The molecule has 0 atom stereocenters. The van der Waals surface area contributed by atoms with E-state index >= 15 is 0 Å². The molecule has 0 saturated carbocycles. The lowest BCUT2D eigenvalue weighted by Crippen LogP contribution is -2.08. The molecular formula is C26H25N7O4. The van der Waals surface area contributed by atoms with Crippen molar-refractivity contribution in [3.8, 4) is 28.9 Å². The molecule has 11 nitrogen and oxygen atoms in total. The highest BCUT2D eigenvalue weighted by molar-refractivity contribution is 5.81. The highest BCUT2D eigenvalue weighted by atomic mass is 16.5. The maximum absolute atomic E-state index is 5.45. The second kappa shape index (κ2) is 10.3. The number of ether oxygens (including phenoxy) is 4. The molecule has 0 bridgehead atoms. The van der Waals surface area contributed by atoms with Gasteiger partial charge in [0.25, 0.3) is 0 Å². The summed E-state index contributed by atoms with van der Waals surface area (Å²) in [7, 11) is 6.30. The summed E-state index contributed by atoms with van der Waals surface area (Å²) in [5, 5.41) is 6.54. The number of nitrogens with zero attached hydrogens (tertiary/aromatic N) is 5. The molecule has 0 aliphatic heterocycles. The van der Waals surface area contributed by atoms with Gasteiger partial charge in [0.15, 0.2) is 11.5 Å². The van der Waals surface area contributed by atoms with Crippen molar-refractivity contribution >= 4 is 34.3 Å². The summed E-state index contributed by atoms with van der Waals surface area (Å²) in [4.78, 5) is 18.1. The number of fused-ring (bicyclic) bond motifs is 1. The van der Waals surface area contributed by atoms with Crippen molar-refractivity contribution in [3.05, 3.63) is 67.0 Å². The second-order valence-corrected chi connectivity index (χ2v) is 7.76. The summed E-state index contributed by atoms with van der Waals surface area (Å²) < 4.78 is 23.4. The molecule has 37 heavy (non-hydrogen) atoms. The lowest BCUT2D eigenvalue weighted by atomic mass is 10.2. The molecule has 0 radical (unpaired) electrons. The SMILES string of the molecule is COc1ccc(Nc2nc3ccccc3n2-c2ncnc(Nc3cc(OC)c(OC)c(OC)c3)n2)cc1. The van der Waals surface area contributed by atoms with E-state index in [-0.39, 0.29) is 0 Å². The maximum Gasteiger partial charge on any atom is 0.241 e. The Kier molecular flexibility index (Phi) is 6.58. The van der Waals surface area contributed by atoms with Crippen LogP contribution in [-0.2, 0) is 0 Å². The van der Waals surface area contributed by atoms with E-state index in [1.807, 2.05) is 53.1 Å². The van der Waals surface area contributed by atoms with Crippen LogP contribution in [0.4, 0.5) is 23.3 Å². The van der Waals surface area contributed by atoms with Crippen LogP contribution >= 0.6 is 0 Å². The van der Waals surface area contributed by atoms with Crippen molar-refractivity contribution in [1.29, 1.82) is 0 Å². The topological polar surface area (TPSA) is 117 Å². The Labute approximate surface area is 213 Å². The fourth-order valence-electron chi connectivity index (χ4n) is 3.85. The van der Waals surface area contributed by atoms with E-state index in [0.29, 0.717) is 40.8 Å². The number of methoxy groups -OCH3 is 4. The van der Waals surface area contributed by atoms with E-state index in [2.05, 4.69) is 25.6 Å². The lowest BCUT2D eigenvalue weighted by molar-refractivity contribution is 0.324. The number of imidazole rings is 1. The van der Waals surface area contributed by atoms with Crippen LogP contribution in [0.2, 0.25) is 0 Å². The summed E-state index contributed by atoms with van der Waals surface area (Å²) >= 11 is 0. The van der Waals surface area contributed by atoms with Crippen LogP contribution in [0.15, 0.2) is 67.0 Å². The molecule has 3 aromatic carbocycles. The Hall–Kier alpha value is -5.06. The van der Waals surface area contributed by atoms with Crippen molar-refractivity contribution in [2.24, 2.45) is 0 Å². The molecule has 0 aliphatic rings. The standard InChI is InChI=1S/C26H25N7O4/c1-34-18-11-9-16(10-12-18)30-26-31-19-7-5-6-8-20(19)33(26)25-28-15-27-24(32-25)29-17-13-21(35-2)23(37-4)22(14-17)36-3/h5-15H,1-4H3,(H,30,31)(H,27,28,29,32). The van der Waals surface area contributed by atoms with Gasteiger partial charge in [-0.1, -0.05) is 12.1 Å². The van der Waals surface area contributed by atoms with Gasteiger partial charge in [0, 0.05) is 23.5 Å². The third-order valence-electron chi connectivity index (χ3n) is 5.59. The van der Waals surface area contributed by atoms with Crippen molar-refractivity contribution in [2.75, 3.05) is 39.1 Å². The van der Waals surface area contributed by atoms with Gasteiger partial charge in [0.05, 0.1) is 39.5 Å². The van der Waals surface area contributed by atoms with Gasteiger partial charge in [-0.25, -0.2) is 19.5 Å². The monoisotopic (exact) mass is 499 g/mol. The Morgan fingerprint density at radius 2 is 1.43 bits per heavy atom. The predicted molar refractivity (Wildman–Crippen MR) is 140 cm³/mol. The van der Waals surface area contributed by atoms with Gasteiger partial charge >= 0.3 is 0 Å². The number of rotatable bonds is 9. The van der Waals surface area contributed by atoms with Gasteiger partial charge < -0.3 is 29.6 Å². The van der Waals surface area contributed by atoms with Gasteiger partial charge in [-0.05, 0) is 36.4 Å². The van der Waals surface area contributed by atoms with Crippen LogP contribution in [0, 0.1) is 0 Å². The molecule has 2 heterocycles. The number of benzene rings is 3. The van der Waals surface area contributed by atoms with Crippen LogP contribution in [0.25, 0.3) is 17.0 Å². The van der Waals surface area contributed by atoms with Gasteiger partial charge in [-0.2, -0.15) is 4.98 Å². The Morgan fingerprint density at radius 3 is 2.11 bits per heavy atom. The van der Waals surface area contributed by atoms with Crippen molar-refractivity contribution in [1.82, 2.24) is 24.5 Å². The number of anilines is 4. The van der Waals surface area contributed by atoms with Crippen LogP contribution in [0.1, 0.15) is 0 Å². The summed E-state index contributed by atoms with van der Waals surface area (Å²) in [5.74, 6) is 3.53. The zero-order chi connectivity index (χ0) is 25.8. The Morgan fingerprint density at radius 1 is 0.703 bits per heavy atom. The zero-order valence-electron chi connectivity index (χ0n) is 20.7. The van der Waals surface area contributed by atoms with Crippen molar-refractivity contribution in [3.63, 3.8) is 0 Å². The van der Waals surface area contributed by atoms with Gasteiger partial charge in [-0.3, -0.25) is 0 Å². The summed E-state index contributed by atoms with van der Waals surface area (Å²) in [6.07, 6.45) is 1.44. The molecule has 0 fully saturated rings. The Bertz CT molecular complexity index is 1510.